The lowest BCUT2D eigenvalue weighted by molar-refractivity contribution is -0.164. The van der Waals surface area contributed by atoms with Gasteiger partial charge in [-0.2, -0.15) is 0 Å². The molecule has 0 saturated heterocycles. The highest BCUT2D eigenvalue weighted by molar-refractivity contribution is 5.89. The van der Waals surface area contributed by atoms with Crippen LogP contribution in [0.2, 0.25) is 0 Å². The van der Waals surface area contributed by atoms with Gasteiger partial charge in [0, 0.05) is 12.3 Å². The van der Waals surface area contributed by atoms with E-state index in [9.17, 15) is 24.6 Å². The largest absolute Gasteiger partial charge is 0.454 e. The molecule has 2 N–H and O–H groups in total. The van der Waals surface area contributed by atoms with Crippen LogP contribution in [-0.2, 0) is 19.1 Å². The van der Waals surface area contributed by atoms with Crippen LogP contribution in [0.1, 0.15) is 66.2 Å². The van der Waals surface area contributed by atoms with Crippen molar-refractivity contribution in [3.05, 3.63) is 11.6 Å². The van der Waals surface area contributed by atoms with Crippen molar-refractivity contribution in [2.45, 2.75) is 84.5 Å². The van der Waals surface area contributed by atoms with Crippen molar-refractivity contribution in [3.63, 3.8) is 0 Å². The summed E-state index contributed by atoms with van der Waals surface area (Å²) in [4.78, 5) is 36.9. The van der Waals surface area contributed by atoms with Gasteiger partial charge >= 0.3 is 5.97 Å². The number of ether oxygens (including phenoxy) is 1. The molecule has 2 rings (SSSR count). The van der Waals surface area contributed by atoms with Crippen LogP contribution < -0.4 is 0 Å². The second-order valence-corrected chi connectivity index (χ2v) is 8.51. The van der Waals surface area contributed by atoms with Crippen molar-refractivity contribution < 1.29 is 29.3 Å². The number of esters is 1. The third-order valence-electron chi connectivity index (χ3n) is 6.31. The molecule has 1 fully saturated rings. The molecule has 2 aliphatic rings. The summed E-state index contributed by atoms with van der Waals surface area (Å²) in [5.41, 5.74) is -0.00477. The Balaban J connectivity index is 2.32. The van der Waals surface area contributed by atoms with Gasteiger partial charge in [-0.05, 0) is 45.4 Å². The fraction of sp³-hybridized carbons (Fsp3) is 0.762. The molecule has 0 radical (unpaired) electrons. The zero-order valence-corrected chi connectivity index (χ0v) is 16.7. The van der Waals surface area contributed by atoms with Crippen LogP contribution in [0.5, 0.6) is 0 Å². The molecule has 1 heterocycles. The first-order valence-corrected chi connectivity index (χ1v) is 9.82. The van der Waals surface area contributed by atoms with Crippen molar-refractivity contribution in [3.8, 4) is 0 Å². The fourth-order valence-electron chi connectivity index (χ4n) is 4.36. The van der Waals surface area contributed by atoms with Crippen LogP contribution in [-0.4, -0.2) is 46.1 Å². The van der Waals surface area contributed by atoms with Gasteiger partial charge in [0.15, 0.2) is 11.9 Å². The third-order valence-corrected chi connectivity index (χ3v) is 6.31. The van der Waals surface area contributed by atoms with Crippen LogP contribution in [0, 0.1) is 17.3 Å². The van der Waals surface area contributed by atoms with Crippen molar-refractivity contribution in [1.29, 1.82) is 0 Å². The van der Waals surface area contributed by atoms with Gasteiger partial charge < -0.3 is 14.9 Å². The van der Waals surface area contributed by atoms with E-state index in [1.807, 2.05) is 13.0 Å². The summed E-state index contributed by atoms with van der Waals surface area (Å²) < 4.78 is 5.29. The SMILES string of the molecule is CC(=O)[C@@H]1C/C=C(/C)CCC[C@@H]2C[C@@](C)(C(=O)[C@H](C)[C@H]2O)[C@@H](O)CC(=O)O1. The minimum atomic E-state index is -1.21. The Hall–Kier alpha value is -1.53. The maximum Gasteiger partial charge on any atom is 0.309 e. The lowest BCUT2D eigenvalue weighted by atomic mass is 9.60. The second-order valence-electron chi connectivity index (χ2n) is 8.51. The van der Waals surface area contributed by atoms with E-state index in [0.29, 0.717) is 12.8 Å². The zero-order valence-electron chi connectivity index (χ0n) is 16.7. The molecule has 152 valence electrons. The number of Topliss-reactive ketones (excluding diaryl/α,β-unsaturated/α-hetero) is 2. The molecule has 2 bridgehead atoms. The van der Waals surface area contributed by atoms with Crippen LogP contribution >= 0.6 is 0 Å². The van der Waals surface area contributed by atoms with E-state index in [1.54, 1.807) is 13.8 Å². The van der Waals surface area contributed by atoms with E-state index in [1.165, 1.54) is 6.92 Å². The Bertz CT molecular complexity index is 624. The van der Waals surface area contributed by atoms with Crippen LogP contribution in [0.25, 0.3) is 0 Å². The van der Waals surface area contributed by atoms with Crippen molar-refractivity contribution >= 4 is 17.5 Å². The molecule has 0 aromatic carbocycles. The van der Waals surface area contributed by atoms with Crippen molar-refractivity contribution in [1.82, 2.24) is 0 Å². The lowest BCUT2D eigenvalue weighted by Crippen LogP contribution is -2.54. The highest BCUT2D eigenvalue weighted by Gasteiger charge is 2.51. The molecular formula is C21H32O6. The Labute approximate surface area is 161 Å². The number of carbonyl (C=O) groups is 3. The first-order chi connectivity index (χ1) is 12.6. The molecule has 0 aromatic rings. The van der Waals surface area contributed by atoms with E-state index in [4.69, 9.17) is 4.74 Å². The van der Waals surface area contributed by atoms with Gasteiger partial charge in [-0.15, -0.1) is 0 Å². The molecule has 1 aliphatic heterocycles. The van der Waals surface area contributed by atoms with Crippen LogP contribution in [0.4, 0.5) is 0 Å². The van der Waals surface area contributed by atoms with Gasteiger partial charge in [0.25, 0.3) is 0 Å². The Kier molecular flexibility index (Phi) is 6.98. The zero-order chi connectivity index (χ0) is 20.4. The summed E-state index contributed by atoms with van der Waals surface area (Å²) >= 11 is 0. The Morgan fingerprint density at radius 2 is 1.96 bits per heavy atom. The average Bonchev–Trinajstić information content (AvgIpc) is 2.60. The summed E-state index contributed by atoms with van der Waals surface area (Å²) in [6.45, 7) is 6.70. The molecule has 1 saturated carbocycles. The minimum absolute atomic E-state index is 0.103. The van der Waals surface area contributed by atoms with E-state index in [2.05, 4.69) is 0 Å². The number of aliphatic hydroxyl groups excluding tert-OH is 2. The number of cyclic esters (lactones) is 1. The predicted octanol–water partition coefficient (Wildman–Crippen LogP) is 2.35. The number of aliphatic hydroxyl groups is 2. The molecule has 6 nitrogen and oxygen atoms in total. The van der Waals surface area contributed by atoms with Crippen molar-refractivity contribution in [2.75, 3.05) is 0 Å². The third kappa shape index (κ3) is 4.85. The summed E-state index contributed by atoms with van der Waals surface area (Å²) in [7, 11) is 0. The molecule has 6 heteroatoms. The summed E-state index contributed by atoms with van der Waals surface area (Å²) in [5, 5.41) is 21.2. The number of ketones is 2. The highest BCUT2D eigenvalue weighted by atomic mass is 16.5. The van der Waals surface area contributed by atoms with E-state index in [0.717, 1.165) is 24.8 Å². The number of rotatable bonds is 1. The van der Waals surface area contributed by atoms with E-state index in [-0.39, 0.29) is 23.9 Å². The lowest BCUT2D eigenvalue weighted by Gasteiger charge is -2.45. The number of hydrogen-bond donors (Lipinski definition) is 2. The maximum absolute atomic E-state index is 12.8. The first-order valence-electron chi connectivity index (χ1n) is 9.82. The van der Waals surface area contributed by atoms with Gasteiger partial charge in [-0.3, -0.25) is 14.4 Å². The second kappa shape index (κ2) is 8.65. The molecule has 1 aliphatic carbocycles. The minimum Gasteiger partial charge on any atom is -0.454 e. The maximum atomic E-state index is 12.8. The molecule has 27 heavy (non-hydrogen) atoms. The number of hydrogen-bond acceptors (Lipinski definition) is 6. The van der Waals surface area contributed by atoms with E-state index >= 15 is 0 Å². The van der Waals surface area contributed by atoms with Gasteiger partial charge in [0.2, 0.25) is 0 Å². The number of carbonyl (C=O) groups excluding carboxylic acids is 3. The van der Waals surface area contributed by atoms with E-state index < -0.39 is 35.6 Å². The molecule has 0 unspecified atom stereocenters. The van der Waals surface area contributed by atoms with Gasteiger partial charge in [0.05, 0.1) is 24.0 Å². The van der Waals surface area contributed by atoms with Crippen LogP contribution in [0.15, 0.2) is 11.6 Å². The number of fused-ring (bicyclic) bond motifs is 2. The normalized spacial score (nSPS) is 41.1. The molecule has 0 aromatic heterocycles. The van der Waals surface area contributed by atoms with Gasteiger partial charge in [-0.25, -0.2) is 0 Å². The standard InChI is InChI=1S/C21H32O6/c1-12-6-5-7-15-11-21(4,20(26)13(2)19(15)25)17(23)10-18(24)27-16(9-8-12)14(3)22/h8,13,15-17,19,23,25H,5-7,9-11H2,1-4H3/b12-8-/t13-,15-,16+,17+,19-,21-/m1/s1. The van der Waals surface area contributed by atoms with Crippen LogP contribution in [0.3, 0.4) is 0 Å². The fourth-order valence-corrected chi connectivity index (χ4v) is 4.36. The topological polar surface area (TPSA) is 101 Å². The van der Waals surface area contributed by atoms with Crippen molar-refractivity contribution in [2.24, 2.45) is 17.3 Å². The number of allylic oxidation sites excluding steroid dienone is 1. The summed E-state index contributed by atoms with van der Waals surface area (Å²) in [6, 6.07) is 0. The highest BCUT2D eigenvalue weighted by Crippen LogP contribution is 2.44. The monoisotopic (exact) mass is 380 g/mol. The Morgan fingerprint density at radius 1 is 1.30 bits per heavy atom. The summed E-state index contributed by atoms with van der Waals surface area (Å²) in [6.07, 6.45) is 1.81. The quantitative estimate of drug-likeness (QED) is 0.535. The predicted molar refractivity (Wildman–Crippen MR) is 99.8 cm³/mol. The molecular weight excluding hydrogens is 348 g/mol. The van der Waals surface area contributed by atoms with Gasteiger partial charge in [0.1, 0.15) is 5.78 Å². The average molecular weight is 380 g/mol. The molecule has 0 spiro atoms. The Morgan fingerprint density at radius 3 is 2.59 bits per heavy atom. The molecule has 6 atom stereocenters. The van der Waals surface area contributed by atoms with Gasteiger partial charge in [-0.1, -0.05) is 25.5 Å². The smallest absolute Gasteiger partial charge is 0.309 e. The molecule has 0 amide bonds. The summed E-state index contributed by atoms with van der Waals surface area (Å²) in [5.74, 6) is -1.85. The first kappa shape index (κ1) is 21.8.